The highest BCUT2D eigenvalue weighted by Gasteiger charge is 2.35. The van der Waals surface area contributed by atoms with Crippen LogP contribution in [0.3, 0.4) is 0 Å². The van der Waals surface area contributed by atoms with Crippen LogP contribution in [0.2, 0.25) is 5.15 Å². The van der Waals surface area contributed by atoms with Gasteiger partial charge in [0, 0.05) is 50.6 Å². The van der Waals surface area contributed by atoms with Crippen LogP contribution >= 0.6 is 11.6 Å². The second-order valence-electron chi connectivity index (χ2n) is 8.68. The van der Waals surface area contributed by atoms with Gasteiger partial charge in [-0.3, -0.25) is 9.69 Å². The number of ether oxygens (including phenoxy) is 2. The van der Waals surface area contributed by atoms with Crippen molar-refractivity contribution in [2.45, 2.75) is 38.3 Å². The number of hydrogen-bond donors (Lipinski definition) is 2. The molecule has 0 aliphatic carbocycles. The summed E-state index contributed by atoms with van der Waals surface area (Å²) < 4.78 is 11.7. The number of fused-ring (bicyclic) bond motifs is 3. The normalized spacial score (nSPS) is 21.2. The lowest BCUT2D eigenvalue weighted by atomic mass is 10.0. The van der Waals surface area contributed by atoms with E-state index in [0.717, 1.165) is 62.8 Å². The smallest absolute Gasteiger partial charge is 0.271 e. The number of benzene rings is 1. The zero-order valence-corrected chi connectivity index (χ0v) is 19.5. The number of rotatable bonds is 5. The lowest BCUT2D eigenvalue weighted by Crippen LogP contribution is -2.59. The number of halogens is 1. The third-order valence-electron chi connectivity index (χ3n) is 6.67. The van der Waals surface area contributed by atoms with Crippen molar-refractivity contribution in [3.8, 4) is 5.75 Å². The fraction of sp³-hybridized carbons (Fsp3) is 0.522. The first-order chi connectivity index (χ1) is 16.0. The molecular weight excluding hydrogens is 444 g/mol. The minimum atomic E-state index is -0.657. The molecule has 0 unspecified atom stereocenters. The minimum absolute atomic E-state index is 0.0687. The Labute approximate surface area is 198 Å². The number of carbonyl (C=O) groups is 1. The largest absolute Gasteiger partial charge is 0.489 e. The van der Waals surface area contributed by atoms with E-state index < -0.39 is 5.91 Å². The van der Waals surface area contributed by atoms with Crippen LogP contribution in [-0.4, -0.2) is 72.3 Å². The molecule has 0 saturated carbocycles. The van der Waals surface area contributed by atoms with Crippen molar-refractivity contribution in [1.29, 1.82) is 0 Å². The fourth-order valence-electron chi connectivity index (χ4n) is 4.92. The lowest BCUT2D eigenvalue weighted by molar-refractivity contribution is 0.0231. The number of aromatic nitrogens is 2. The summed E-state index contributed by atoms with van der Waals surface area (Å²) in [5, 5.41) is 3.39. The van der Waals surface area contributed by atoms with E-state index in [1.807, 2.05) is 25.1 Å². The van der Waals surface area contributed by atoms with Gasteiger partial charge in [-0.05, 0) is 31.4 Å². The quantitative estimate of drug-likeness (QED) is 0.684. The van der Waals surface area contributed by atoms with Crippen LogP contribution in [0.1, 0.15) is 35.9 Å². The molecule has 10 heteroatoms. The van der Waals surface area contributed by atoms with Crippen molar-refractivity contribution in [1.82, 2.24) is 14.9 Å². The molecule has 1 aromatic heterocycles. The molecule has 5 rings (SSSR count). The molecule has 2 fully saturated rings. The molecule has 0 spiro atoms. The number of primary amides is 1. The predicted molar refractivity (Wildman–Crippen MR) is 127 cm³/mol. The molecule has 1 aromatic carbocycles. The number of carbonyl (C=O) groups excluding carboxylic acids is 1. The maximum Gasteiger partial charge on any atom is 0.271 e. The number of hydrogen-bond acceptors (Lipinski definition) is 8. The molecule has 3 aliphatic rings. The van der Waals surface area contributed by atoms with Crippen LogP contribution < -0.4 is 20.7 Å². The van der Waals surface area contributed by atoms with Gasteiger partial charge in [0.25, 0.3) is 5.91 Å². The summed E-state index contributed by atoms with van der Waals surface area (Å²) in [6, 6.07) is 6.86. The second-order valence-corrected chi connectivity index (χ2v) is 9.04. The zero-order valence-electron chi connectivity index (χ0n) is 18.7. The molecule has 1 amide bonds. The Morgan fingerprint density at radius 3 is 2.82 bits per heavy atom. The molecule has 2 aromatic rings. The van der Waals surface area contributed by atoms with Gasteiger partial charge in [0.15, 0.2) is 16.7 Å². The number of nitrogens with one attached hydrogen (secondary N) is 1. The Morgan fingerprint density at radius 2 is 2.06 bits per heavy atom. The van der Waals surface area contributed by atoms with Gasteiger partial charge in [-0.1, -0.05) is 18.5 Å². The maximum absolute atomic E-state index is 11.9. The maximum atomic E-state index is 11.9. The molecule has 33 heavy (non-hydrogen) atoms. The molecule has 1 atom stereocenters. The number of nitrogens with zero attached hydrogens (tertiary/aromatic N) is 4. The highest BCUT2D eigenvalue weighted by atomic mass is 35.5. The van der Waals surface area contributed by atoms with Gasteiger partial charge in [-0.25, -0.2) is 9.97 Å². The average molecular weight is 473 g/mol. The van der Waals surface area contributed by atoms with Crippen molar-refractivity contribution < 1.29 is 14.3 Å². The van der Waals surface area contributed by atoms with Gasteiger partial charge < -0.3 is 25.4 Å². The van der Waals surface area contributed by atoms with Crippen molar-refractivity contribution in [3.63, 3.8) is 0 Å². The molecule has 176 valence electrons. The molecule has 9 nitrogen and oxygen atoms in total. The first-order valence-electron chi connectivity index (χ1n) is 11.5. The van der Waals surface area contributed by atoms with E-state index in [2.05, 4.69) is 25.1 Å². The van der Waals surface area contributed by atoms with E-state index in [1.54, 1.807) is 0 Å². The SMILES string of the molecule is CCc1nc(C(N)=O)c(Nc2ccc3c(c2)OC[C@H]2CN(C4CCOCC4)CCN32)nc1Cl. The average Bonchev–Trinajstić information content (AvgIpc) is 2.84. The monoisotopic (exact) mass is 472 g/mol. The highest BCUT2D eigenvalue weighted by Crippen LogP contribution is 2.38. The van der Waals surface area contributed by atoms with Crippen LogP contribution in [-0.2, 0) is 11.2 Å². The Hall–Kier alpha value is -2.62. The molecule has 0 bridgehead atoms. The van der Waals surface area contributed by atoms with Crippen LogP contribution in [0.15, 0.2) is 18.2 Å². The first kappa shape index (κ1) is 22.2. The Bertz CT molecular complexity index is 1050. The molecule has 3 aliphatic heterocycles. The van der Waals surface area contributed by atoms with E-state index >= 15 is 0 Å². The van der Waals surface area contributed by atoms with Crippen LogP contribution in [0, 0.1) is 0 Å². The standard InChI is InChI=1S/C23H29ClN6O3/c1-2-17-21(24)28-23(20(27-17)22(25)31)26-14-3-4-18-19(11-14)33-13-16-12-29(7-8-30(16)18)15-5-9-32-10-6-15/h3-4,11,15-16H,2,5-10,12-13H2,1H3,(H2,25,31)(H,26,28)/t16-/m1/s1. The molecule has 2 saturated heterocycles. The third-order valence-corrected chi connectivity index (χ3v) is 6.97. The van der Waals surface area contributed by atoms with Crippen molar-refractivity contribution >= 4 is 34.7 Å². The van der Waals surface area contributed by atoms with Crippen LogP contribution in [0.4, 0.5) is 17.2 Å². The van der Waals surface area contributed by atoms with E-state index in [-0.39, 0.29) is 16.7 Å². The molecule has 4 heterocycles. The number of amides is 1. The van der Waals surface area contributed by atoms with E-state index in [4.69, 9.17) is 26.8 Å². The molecular formula is C23H29ClN6O3. The summed E-state index contributed by atoms with van der Waals surface area (Å²) in [5.41, 5.74) is 7.94. The van der Waals surface area contributed by atoms with Crippen molar-refractivity contribution in [2.75, 3.05) is 49.7 Å². The summed E-state index contributed by atoms with van der Waals surface area (Å²) in [4.78, 5) is 25.6. The number of nitrogens with two attached hydrogens (primary N) is 1. The van der Waals surface area contributed by atoms with Crippen LogP contribution in [0.25, 0.3) is 0 Å². The van der Waals surface area contributed by atoms with Gasteiger partial charge in [-0.15, -0.1) is 0 Å². The van der Waals surface area contributed by atoms with Gasteiger partial charge in [0.2, 0.25) is 0 Å². The third kappa shape index (κ3) is 4.45. The zero-order chi connectivity index (χ0) is 22.9. The summed E-state index contributed by atoms with van der Waals surface area (Å²) in [6.45, 7) is 7.27. The lowest BCUT2D eigenvalue weighted by Gasteiger charge is -2.48. The first-order valence-corrected chi connectivity index (χ1v) is 11.9. The summed E-state index contributed by atoms with van der Waals surface area (Å²) >= 11 is 6.22. The van der Waals surface area contributed by atoms with Gasteiger partial charge in [-0.2, -0.15) is 0 Å². The number of anilines is 3. The number of piperazine rings is 1. The minimum Gasteiger partial charge on any atom is -0.489 e. The van der Waals surface area contributed by atoms with E-state index in [1.165, 1.54) is 0 Å². The Morgan fingerprint density at radius 1 is 1.24 bits per heavy atom. The van der Waals surface area contributed by atoms with Crippen molar-refractivity contribution in [3.05, 3.63) is 34.7 Å². The molecule has 3 N–H and O–H groups in total. The predicted octanol–water partition coefficient (Wildman–Crippen LogP) is 2.60. The van der Waals surface area contributed by atoms with Gasteiger partial charge in [0.05, 0.1) is 17.4 Å². The summed E-state index contributed by atoms with van der Waals surface area (Å²) in [7, 11) is 0. The highest BCUT2D eigenvalue weighted by molar-refractivity contribution is 6.30. The van der Waals surface area contributed by atoms with Gasteiger partial charge in [0.1, 0.15) is 12.4 Å². The van der Waals surface area contributed by atoms with Crippen molar-refractivity contribution in [2.24, 2.45) is 5.73 Å². The Balaban J connectivity index is 1.33. The molecule has 0 radical (unpaired) electrons. The van der Waals surface area contributed by atoms with E-state index in [9.17, 15) is 4.79 Å². The van der Waals surface area contributed by atoms with Crippen LogP contribution in [0.5, 0.6) is 5.75 Å². The summed E-state index contributed by atoms with van der Waals surface area (Å²) in [5.74, 6) is 0.389. The topological polar surface area (TPSA) is 106 Å². The van der Waals surface area contributed by atoms with Gasteiger partial charge >= 0.3 is 0 Å². The number of aryl methyl sites for hydroxylation is 1. The van der Waals surface area contributed by atoms with E-state index in [0.29, 0.717) is 30.8 Å². The summed E-state index contributed by atoms with van der Waals surface area (Å²) in [6.07, 6.45) is 2.78. The Kier molecular flexibility index (Phi) is 6.27. The fourth-order valence-corrected chi connectivity index (χ4v) is 5.18. The second kappa shape index (κ2) is 9.32.